The number of nitrogens with zero attached hydrogens (tertiary/aromatic N) is 2. The molecule has 0 saturated heterocycles. The smallest absolute Gasteiger partial charge is 0.181 e. The Morgan fingerprint density at radius 3 is 2.67 bits per heavy atom. The molecule has 1 aromatic carbocycles. The van der Waals surface area contributed by atoms with Crippen molar-refractivity contribution in [3.05, 3.63) is 34.9 Å². The van der Waals surface area contributed by atoms with Crippen molar-refractivity contribution in [2.75, 3.05) is 7.11 Å². The van der Waals surface area contributed by atoms with E-state index in [0.29, 0.717) is 5.56 Å². The third-order valence-corrected chi connectivity index (χ3v) is 2.66. The van der Waals surface area contributed by atoms with Crippen molar-refractivity contribution in [3.63, 3.8) is 0 Å². The second-order valence-electron chi connectivity index (χ2n) is 3.62. The molecule has 94 valence electrons. The van der Waals surface area contributed by atoms with Gasteiger partial charge in [0, 0.05) is 5.56 Å². The number of aromatic nitrogens is 2. The summed E-state index contributed by atoms with van der Waals surface area (Å²) in [5.74, 6) is -0.0660. The van der Waals surface area contributed by atoms with E-state index in [4.69, 9.17) is 16.3 Å². The Balaban J connectivity index is 2.55. The summed E-state index contributed by atoms with van der Waals surface area (Å²) >= 11 is 5.67. The van der Waals surface area contributed by atoms with Gasteiger partial charge in [-0.2, -0.15) is 0 Å². The number of rotatable bonds is 2. The monoisotopic (exact) mass is 268 g/mol. The molecular formula is C12H10ClFN2O2. The minimum Gasteiger partial charge on any atom is -0.504 e. The number of phenolic OH excluding ortho intramolecular Hbond substituents is 1. The van der Waals surface area contributed by atoms with Gasteiger partial charge in [-0.3, -0.25) is 0 Å². The lowest BCUT2D eigenvalue weighted by Gasteiger charge is -2.07. The number of ether oxygens (including phenoxy) is 1. The maximum atomic E-state index is 13.3. The first kappa shape index (κ1) is 12.6. The zero-order valence-electron chi connectivity index (χ0n) is 9.74. The van der Waals surface area contributed by atoms with Crippen LogP contribution >= 0.6 is 11.6 Å². The van der Waals surface area contributed by atoms with Gasteiger partial charge in [0.2, 0.25) is 0 Å². The maximum Gasteiger partial charge on any atom is 0.181 e. The molecular weight excluding hydrogens is 259 g/mol. The van der Waals surface area contributed by atoms with E-state index in [2.05, 4.69) is 9.97 Å². The van der Waals surface area contributed by atoms with E-state index in [-0.39, 0.29) is 28.2 Å². The van der Waals surface area contributed by atoms with Gasteiger partial charge < -0.3 is 9.84 Å². The lowest BCUT2D eigenvalue weighted by molar-refractivity contribution is 0.373. The summed E-state index contributed by atoms with van der Waals surface area (Å²) in [7, 11) is 1.43. The predicted molar refractivity (Wildman–Crippen MR) is 65.4 cm³/mol. The Hall–Kier alpha value is -1.88. The molecule has 0 aliphatic rings. The Kier molecular flexibility index (Phi) is 3.34. The molecule has 0 atom stereocenters. The van der Waals surface area contributed by atoms with Gasteiger partial charge in [-0.05, 0) is 25.1 Å². The average molecular weight is 269 g/mol. The fourth-order valence-electron chi connectivity index (χ4n) is 1.47. The largest absolute Gasteiger partial charge is 0.504 e. The molecule has 0 aliphatic carbocycles. The molecule has 6 heteroatoms. The fourth-order valence-corrected chi connectivity index (χ4v) is 1.69. The van der Waals surface area contributed by atoms with Crippen molar-refractivity contribution in [1.82, 2.24) is 9.97 Å². The highest BCUT2D eigenvalue weighted by Crippen LogP contribution is 2.30. The number of hydrogen-bond acceptors (Lipinski definition) is 4. The van der Waals surface area contributed by atoms with E-state index >= 15 is 0 Å². The normalized spacial score (nSPS) is 10.4. The number of aromatic hydroxyl groups is 1. The molecule has 2 aromatic rings. The Bertz CT molecular complexity index is 582. The number of halogens is 2. The van der Waals surface area contributed by atoms with Gasteiger partial charge in [0.15, 0.2) is 28.3 Å². The molecule has 1 aromatic heterocycles. The van der Waals surface area contributed by atoms with Crippen LogP contribution in [-0.2, 0) is 0 Å². The number of phenols is 1. The van der Waals surface area contributed by atoms with Crippen LogP contribution in [0.4, 0.5) is 4.39 Å². The van der Waals surface area contributed by atoms with Gasteiger partial charge in [-0.1, -0.05) is 11.6 Å². The highest BCUT2D eigenvalue weighted by Gasteiger charge is 2.12. The predicted octanol–water partition coefficient (Wildman–Crippen LogP) is 2.96. The molecule has 0 bridgehead atoms. The molecule has 1 heterocycles. The molecule has 0 saturated carbocycles. The number of aryl methyl sites for hydroxylation is 1. The topological polar surface area (TPSA) is 55.2 Å². The molecule has 18 heavy (non-hydrogen) atoms. The SMILES string of the molecule is COc1cc(-c2nc(C)c(F)c(Cl)n2)ccc1O. The number of methoxy groups -OCH3 is 1. The quantitative estimate of drug-likeness (QED) is 0.851. The lowest BCUT2D eigenvalue weighted by atomic mass is 10.2. The molecule has 0 fully saturated rings. The highest BCUT2D eigenvalue weighted by atomic mass is 35.5. The van der Waals surface area contributed by atoms with Crippen molar-refractivity contribution in [2.45, 2.75) is 6.92 Å². The highest BCUT2D eigenvalue weighted by molar-refractivity contribution is 6.29. The summed E-state index contributed by atoms with van der Waals surface area (Å²) in [6, 6.07) is 4.60. The minimum atomic E-state index is -0.633. The molecule has 0 aliphatic heterocycles. The van der Waals surface area contributed by atoms with Crippen molar-refractivity contribution in [2.24, 2.45) is 0 Å². The Labute approximate surface area is 108 Å². The van der Waals surface area contributed by atoms with Crippen LogP contribution < -0.4 is 4.74 Å². The van der Waals surface area contributed by atoms with Crippen LogP contribution in [0.15, 0.2) is 18.2 Å². The van der Waals surface area contributed by atoms with Gasteiger partial charge in [0.05, 0.1) is 12.8 Å². The van der Waals surface area contributed by atoms with Crippen molar-refractivity contribution >= 4 is 11.6 Å². The van der Waals surface area contributed by atoms with Crippen LogP contribution in [-0.4, -0.2) is 22.2 Å². The van der Waals surface area contributed by atoms with Crippen LogP contribution in [0.5, 0.6) is 11.5 Å². The van der Waals surface area contributed by atoms with E-state index in [9.17, 15) is 9.50 Å². The first-order valence-electron chi connectivity index (χ1n) is 5.10. The molecule has 0 amide bonds. The zero-order valence-corrected chi connectivity index (χ0v) is 10.5. The summed E-state index contributed by atoms with van der Waals surface area (Å²) in [6.45, 7) is 1.50. The maximum absolute atomic E-state index is 13.3. The Morgan fingerprint density at radius 2 is 2.06 bits per heavy atom. The van der Waals surface area contributed by atoms with Crippen LogP contribution in [0, 0.1) is 12.7 Å². The van der Waals surface area contributed by atoms with Crippen LogP contribution in [0.25, 0.3) is 11.4 Å². The summed E-state index contributed by atoms with van der Waals surface area (Å²) in [4.78, 5) is 7.85. The number of benzene rings is 1. The van der Waals surface area contributed by atoms with Gasteiger partial charge in [-0.25, -0.2) is 14.4 Å². The Morgan fingerprint density at radius 1 is 1.33 bits per heavy atom. The third kappa shape index (κ3) is 2.22. The van der Waals surface area contributed by atoms with E-state index in [1.807, 2.05) is 0 Å². The number of hydrogen-bond donors (Lipinski definition) is 1. The molecule has 0 spiro atoms. The summed E-state index contributed by atoms with van der Waals surface area (Å²) in [6.07, 6.45) is 0. The van der Waals surface area contributed by atoms with Crippen molar-refractivity contribution in [3.8, 4) is 22.9 Å². The van der Waals surface area contributed by atoms with Crippen molar-refractivity contribution in [1.29, 1.82) is 0 Å². The second kappa shape index (κ2) is 4.78. The zero-order chi connectivity index (χ0) is 13.3. The van der Waals surface area contributed by atoms with E-state index < -0.39 is 5.82 Å². The van der Waals surface area contributed by atoms with E-state index in [1.54, 1.807) is 12.1 Å². The van der Waals surface area contributed by atoms with Gasteiger partial charge in [-0.15, -0.1) is 0 Å². The van der Waals surface area contributed by atoms with Crippen LogP contribution in [0.1, 0.15) is 5.69 Å². The third-order valence-electron chi connectivity index (χ3n) is 2.41. The first-order valence-corrected chi connectivity index (χ1v) is 5.47. The summed E-state index contributed by atoms with van der Waals surface area (Å²) < 4.78 is 18.3. The second-order valence-corrected chi connectivity index (χ2v) is 3.98. The van der Waals surface area contributed by atoms with E-state index in [0.717, 1.165) is 0 Å². The van der Waals surface area contributed by atoms with Gasteiger partial charge in [0.25, 0.3) is 0 Å². The van der Waals surface area contributed by atoms with Crippen LogP contribution in [0.2, 0.25) is 5.15 Å². The first-order chi connectivity index (χ1) is 8.52. The molecule has 2 rings (SSSR count). The fraction of sp³-hybridized carbons (Fsp3) is 0.167. The average Bonchev–Trinajstić information content (AvgIpc) is 2.36. The summed E-state index contributed by atoms with van der Waals surface area (Å²) in [5.41, 5.74) is 0.742. The lowest BCUT2D eigenvalue weighted by Crippen LogP contribution is -1.97. The summed E-state index contributed by atoms with van der Waals surface area (Å²) in [5, 5.41) is 9.25. The molecule has 0 unspecified atom stereocenters. The van der Waals surface area contributed by atoms with E-state index in [1.165, 1.54) is 20.1 Å². The molecule has 0 radical (unpaired) electrons. The van der Waals surface area contributed by atoms with Gasteiger partial charge >= 0.3 is 0 Å². The minimum absolute atomic E-state index is 0.00572. The van der Waals surface area contributed by atoms with Crippen molar-refractivity contribution < 1.29 is 14.2 Å². The molecule has 1 N–H and O–H groups in total. The van der Waals surface area contributed by atoms with Crippen LogP contribution in [0.3, 0.4) is 0 Å². The van der Waals surface area contributed by atoms with Gasteiger partial charge in [0.1, 0.15) is 0 Å². The molecule has 4 nitrogen and oxygen atoms in total. The standard InChI is InChI=1S/C12H10ClFN2O2/c1-6-10(14)11(13)16-12(15-6)7-3-4-8(17)9(5-7)18-2/h3-5,17H,1-2H3.